The molecule has 20 heavy (non-hydrogen) atoms. The summed E-state index contributed by atoms with van der Waals surface area (Å²) in [5, 5.41) is 14.1. The number of rotatable bonds is 2. The summed E-state index contributed by atoms with van der Waals surface area (Å²) in [6, 6.07) is 5.17. The van der Waals surface area contributed by atoms with Crippen molar-refractivity contribution < 1.29 is 14.6 Å². The number of ether oxygens (including phenoxy) is 1. The van der Waals surface area contributed by atoms with Gasteiger partial charge in [-0.15, -0.1) is 0 Å². The minimum absolute atomic E-state index is 0.00394. The first-order chi connectivity index (χ1) is 9.59. The van der Waals surface area contributed by atoms with E-state index in [0.717, 1.165) is 5.69 Å². The smallest absolute Gasteiger partial charge is 0.356 e. The molecule has 0 saturated heterocycles. The third kappa shape index (κ3) is 2.08. The van der Waals surface area contributed by atoms with Crippen LogP contribution in [-0.2, 0) is 17.8 Å². The highest BCUT2D eigenvalue weighted by Gasteiger charge is 2.26. The fourth-order valence-corrected chi connectivity index (χ4v) is 2.64. The number of nitrogens with zero attached hydrogens (tertiary/aromatic N) is 2. The van der Waals surface area contributed by atoms with Crippen molar-refractivity contribution in [2.75, 3.05) is 6.61 Å². The van der Waals surface area contributed by atoms with Crippen LogP contribution in [0.2, 0.25) is 10.0 Å². The number of aromatic nitrogens is 2. The van der Waals surface area contributed by atoms with Gasteiger partial charge in [0.25, 0.3) is 0 Å². The van der Waals surface area contributed by atoms with Gasteiger partial charge in [0.2, 0.25) is 0 Å². The molecule has 1 aromatic carbocycles. The van der Waals surface area contributed by atoms with E-state index in [1.165, 1.54) is 0 Å². The predicted octanol–water partition coefficient (Wildman–Crippen LogP) is 2.95. The van der Waals surface area contributed by atoms with Gasteiger partial charge in [-0.2, -0.15) is 5.10 Å². The van der Waals surface area contributed by atoms with Crippen LogP contribution in [-0.4, -0.2) is 27.5 Å². The van der Waals surface area contributed by atoms with E-state index in [9.17, 15) is 9.90 Å². The van der Waals surface area contributed by atoms with Crippen LogP contribution in [0.3, 0.4) is 0 Å². The van der Waals surface area contributed by atoms with E-state index in [2.05, 4.69) is 5.10 Å². The minimum Gasteiger partial charge on any atom is -0.476 e. The van der Waals surface area contributed by atoms with E-state index in [4.69, 9.17) is 27.9 Å². The monoisotopic (exact) mass is 312 g/mol. The molecule has 1 aromatic heterocycles. The van der Waals surface area contributed by atoms with Crippen molar-refractivity contribution in [3.63, 3.8) is 0 Å². The Hall–Kier alpha value is -1.56. The first kappa shape index (κ1) is 13.4. The molecule has 0 radical (unpaired) electrons. The Morgan fingerprint density at radius 3 is 2.95 bits per heavy atom. The minimum atomic E-state index is -1.08. The van der Waals surface area contributed by atoms with Gasteiger partial charge in [-0.05, 0) is 12.1 Å². The molecule has 0 unspecified atom stereocenters. The van der Waals surface area contributed by atoms with Gasteiger partial charge in [0.05, 0.1) is 34.6 Å². The maximum atomic E-state index is 11.3. The van der Waals surface area contributed by atoms with E-state index < -0.39 is 5.97 Å². The topological polar surface area (TPSA) is 64.3 Å². The maximum Gasteiger partial charge on any atom is 0.356 e. The molecule has 0 fully saturated rings. The molecule has 1 N–H and O–H groups in total. The fraction of sp³-hybridized carbons (Fsp3) is 0.231. The molecule has 104 valence electrons. The standard InChI is InChI=1S/C13H10Cl2N2O3/c14-8-2-1-3-10(11(8)15)17-9-4-5-20-6-7(9)12(16-17)13(18)19/h1-3H,4-6H2,(H,18,19). The van der Waals surface area contributed by atoms with E-state index in [0.29, 0.717) is 34.3 Å². The molecule has 5 nitrogen and oxygen atoms in total. The summed E-state index contributed by atoms with van der Waals surface area (Å²) in [5.74, 6) is -1.08. The van der Waals surface area contributed by atoms with Gasteiger partial charge < -0.3 is 9.84 Å². The second-order valence-electron chi connectivity index (χ2n) is 4.37. The molecule has 7 heteroatoms. The zero-order chi connectivity index (χ0) is 14.3. The summed E-state index contributed by atoms with van der Waals surface area (Å²) in [6.45, 7) is 0.769. The number of hydrogen-bond acceptors (Lipinski definition) is 3. The van der Waals surface area contributed by atoms with Crippen molar-refractivity contribution in [1.82, 2.24) is 9.78 Å². The highest BCUT2D eigenvalue weighted by Crippen LogP contribution is 2.31. The molecular weight excluding hydrogens is 303 g/mol. The normalized spacial score (nSPS) is 14.1. The Morgan fingerprint density at radius 2 is 2.20 bits per heavy atom. The van der Waals surface area contributed by atoms with Crippen LogP contribution in [0.5, 0.6) is 0 Å². The Labute approximate surface area is 124 Å². The molecule has 0 bridgehead atoms. The van der Waals surface area contributed by atoms with E-state index in [1.54, 1.807) is 22.9 Å². The number of carboxylic acids is 1. The highest BCUT2D eigenvalue weighted by atomic mass is 35.5. The van der Waals surface area contributed by atoms with Crippen LogP contribution in [0.25, 0.3) is 5.69 Å². The van der Waals surface area contributed by atoms with Gasteiger partial charge in [-0.1, -0.05) is 29.3 Å². The highest BCUT2D eigenvalue weighted by molar-refractivity contribution is 6.43. The molecule has 1 aliphatic rings. The Balaban J connectivity index is 2.24. The Morgan fingerprint density at radius 1 is 1.40 bits per heavy atom. The third-order valence-electron chi connectivity index (χ3n) is 3.18. The van der Waals surface area contributed by atoms with Crippen LogP contribution in [0.15, 0.2) is 18.2 Å². The Kier molecular flexibility index (Phi) is 3.41. The van der Waals surface area contributed by atoms with Crippen LogP contribution in [0.4, 0.5) is 0 Å². The van der Waals surface area contributed by atoms with Gasteiger partial charge in [-0.3, -0.25) is 0 Å². The van der Waals surface area contributed by atoms with Gasteiger partial charge >= 0.3 is 5.97 Å². The van der Waals surface area contributed by atoms with Gasteiger partial charge in [0.1, 0.15) is 0 Å². The second-order valence-corrected chi connectivity index (χ2v) is 5.15. The van der Waals surface area contributed by atoms with Crippen molar-refractivity contribution in [2.45, 2.75) is 13.0 Å². The number of aromatic carboxylic acids is 1. The molecule has 0 aliphatic carbocycles. The van der Waals surface area contributed by atoms with Crippen LogP contribution < -0.4 is 0 Å². The lowest BCUT2D eigenvalue weighted by Crippen LogP contribution is -2.13. The largest absolute Gasteiger partial charge is 0.476 e. The lowest BCUT2D eigenvalue weighted by molar-refractivity contribution is 0.0677. The number of benzene rings is 1. The molecule has 0 spiro atoms. The van der Waals surface area contributed by atoms with Crippen molar-refractivity contribution in [3.8, 4) is 5.69 Å². The zero-order valence-electron chi connectivity index (χ0n) is 10.3. The average Bonchev–Trinajstić information content (AvgIpc) is 2.82. The molecule has 0 saturated carbocycles. The fourth-order valence-electron chi connectivity index (χ4n) is 2.26. The summed E-state index contributed by atoms with van der Waals surface area (Å²) in [7, 11) is 0. The molecular formula is C13H10Cl2N2O3. The predicted molar refractivity (Wildman–Crippen MR) is 73.9 cm³/mol. The number of halogens is 2. The molecule has 0 atom stereocenters. The second kappa shape index (κ2) is 5.09. The number of fused-ring (bicyclic) bond motifs is 1. The van der Waals surface area contributed by atoms with Crippen LogP contribution in [0.1, 0.15) is 21.7 Å². The van der Waals surface area contributed by atoms with E-state index in [-0.39, 0.29) is 12.3 Å². The van der Waals surface area contributed by atoms with Crippen molar-refractivity contribution in [1.29, 1.82) is 0 Å². The zero-order valence-corrected chi connectivity index (χ0v) is 11.8. The van der Waals surface area contributed by atoms with E-state index in [1.807, 2.05) is 0 Å². The van der Waals surface area contributed by atoms with Crippen molar-refractivity contribution in [3.05, 3.63) is 45.2 Å². The third-order valence-corrected chi connectivity index (χ3v) is 3.99. The van der Waals surface area contributed by atoms with Crippen LogP contribution >= 0.6 is 23.2 Å². The maximum absolute atomic E-state index is 11.3. The summed E-state index contributed by atoms with van der Waals surface area (Å²) < 4.78 is 6.87. The summed E-state index contributed by atoms with van der Waals surface area (Å²) in [5.41, 5.74) is 1.97. The summed E-state index contributed by atoms with van der Waals surface area (Å²) >= 11 is 12.2. The number of carboxylic acid groups (broad SMARTS) is 1. The first-order valence-corrected chi connectivity index (χ1v) is 6.71. The van der Waals surface area contributed by atoms with Crippen molar-refractivity contribution >= 4 is 29.2 Å². The quantitative estimate of drug-likeness (QED) is 0.926. The van der Waals surface area contributed by atoms with Gasteiger partial charge in [0, 0.05) is 12.0 Å². The molecule has 2 heterocycles. The molecule has 2 aromatic rings. The first-order valence-electron chi connectivity index (χ1n) is 5.95. The molecule has 3 rings (SSSR count). The van der Waals surface area contributed by atoms with Gasteiger partial charge in [0.15, 0.2) is 5.69 Å². The lowest BCUT2D eigenvalue weighted by atomic mass is 10.1. The average molecular weight is 313 g/mol. The molecule has 0 amide bonds. The SMILES string of the molecule is O=C(O)c1nn(-c2cccc(Cl)c2Cl)c2c1COCC2. The Bertz CT molecular complexity index is 697. The number of carbonyl (C=O) groups is 1. The van der Waals surface area contributed by atoms with Crippen molar-refractivity contribution in [2.24, 2.45) is 0 Å². The van der Waals surface area contributed by atoms with E-state index >= 15 is 0 Å². The summed E-state index contributed by atoms with van der Waals surface area (Å²) in [6.07, 6.45) is 0.582. The number of hydrogen-bond donors (Lipinski definition) is 1. The molecule has 1 aliphatic heterocycles. The lowest BCUT2D eigenvalue weighted by Gasteiger charge is -2.15. The van der Waals surface area contributed by atoms with Gasteiger partial charge in [-0.25, -0.2) is 9.48 Å². The van der Waals surface area contributed by atoms with Crippen LogP contribution in [0, 0.1) is 0 Å². The summed E-state index contributed by atoms with van der Waals surface area (Å²) in [4.78, 5) is 11.3.